The highest BCUT2D eigenvalue weighted by Crippen LogP contribution is 2.55. The van der Waals surface area contributed by atoms with Gasteiger partial charge < -0.3 is 15.7 Å². The molecule has 1 aliphatic heterocycles. The molecule has 4 rings (SSSR count). The van der Waals surface area contributed by atoms with Gasteiger partial charge in [-0.3, -0.25) is 14.4 Å². The molecule has 1 aliphatic carbocycles. The molecule has 0 aromatic heterocycles. The second-order valence-electron chi connectivity index (χ2n) is 12.3. The fourth-order valence-electron chi connectivity index (χ4n) is 5.79. The van der Waals surface area contributed by atoms with Crippen molar-refractivity contribution < 1.29 is 37.1 Å². The molecule has 0 spiro atoms. The van der Waals surface area contributed by atoms with E-state index in [9.17, 15) is 37.1 Å². The summed E-state index contributed by atoms with van der Waals surface area (Å²) in [4.78, 5) is 44.7. The lowest BCUT2D eigenvalue weighted by Gasteiger charge is -2.46. The lowest BCUT2D eigenvalue weighted by atomic mass is 9.56. The van der Waals surface area contributed by atoms with Gasteiger partial charge in [0.05, 0.1) is 22.7 Å². The minimum atomic E-state index is -4.64. The van der Waals surface area contributed by atoms with Crippen LogP contribution in [0.4, 0.5) is 23.2 Å². The lowest BCUT2D eigenvalue weighted by Crippen LogP contribution is -2.56. The Kier molecular flexibility index (Phi) is 8.53. The third-order valence-electron chi connectivity index (χ3n) is 8.28. The SMILES string of the molecule is Cc1ccc(C2=N[C@@H](NC(=O)[C@H](CCC(F)(F)F)[C@](CC3CC3)(C(=O)O)C(C)(C)C)C(=O)Nc3c(F)cccc32)cc1. The number of aryl methyl sites for hydroxylation is 1. The van der Waals surface area contributed by atoms with E-state index >= 15 is 0 Å². The van der Waals surface area contributed by atoms with E-state index in [1.54, 1.807) is 51.1 Å². The highest BCUT2D eigenvalue weighted by atomic mass is 19.4. The number of nitrogens with one attached hydrogen (secondary N) is 2. The van der Waals surface area contributed by atoms with Crippen LogP contribution in [-0.2, 0) is 14.4 Å². The Bertz CT molecular complexity index is 1390. The molecule has 2 aromatic carbocycles. The smallest absolute Gasteiger partial charge is 0.389 e. The van der Waals surface area contributed by atoms with Crippen LogP contribution in [0.15, 0.2) is 47.5 Å². The molecule has 1 saturated carbocycles. The molecule has 0 radical (unpaired) electrons. The summed E-state index contributed by atoms with van der Waals surface area (Å²) in [5.41, 5.74) is -1.25. The fraction of sp³-hybridized carbons (Fsp3) is 0.484. The summed E-state index contributed by atoms with van der Waals surface area (Å²) in [5, 5.41) is 15.4. The number of aliphatic carboxylic acids is 1. The van der Waals surface area contributed by atoms with E-state index in [0.29, 0.717) is 5.56 Å². The summed E-state index contributed by atoms with van der Waals surface area (Å²) >= 11 is 0. The van der Waals surface area contributed by atoms with Crippen LogP contribution in [0.1, 0.15) is 69.6 Å². The number of hydrogen-bond donors (Lipinski definition) is 3. The van der Waals surface area contributed by atoms with E-state index in [0.717, 1.165) is 24.5 Å². The number of carboxylic acids is 1. The number of alkyl halides is 3. The Balaban J connectivity index is 1.79. The number of hydrogen-bond acceptors (Lipinski definition) is 4. The predicted molar refractivity (Wildman–Crippen MR) is 149 cm³/mol. The lowest BCUT2D eigenvalue weighted by molar-refractivity contribution is -0.174. The van der Waals surface area contributed by atoms with Crippen molar-refractivity contribution in [2.24, 2.45) is 27.7 Å². The van der Waals surface area contributed by atoms with Crippen molar-refractivity contribution >= 4 is 29.2 Å². The van der Waals surface area contributed by atoms with E-state index in [1.807, 2.05) is 6.92 Å². The number of anilines is 1. The van der Waals surface area contributed by atoms with Crippen LogP contribution in [-0.4, -0.2) is 40.9 Å². The molecule has 1 fully saturated rings. The monoisotopic (exact) mass is 589 g/mol. The van der Waals surface area contributed by atoms with Crippen molar-refractivity contribution in [1.82, 2.24) is 5.32 Å². The van der Waals surface area contributed by atoms with E-state index in [1.165, 1.54) is 6.07 Å². The molecule has 7 nitrogen and oxygen atoms in total. The van der Waals surface area contributed by atoms with Gasteiger partial charge in [0, 0.05) is 17.5 Å². The van der Waals surface area contributed by atoms with Crippen molar-refractivity contribution in [3.63, 3.8) is 0 Å². The second kappa shape index (κ2) is 11.5. The summed E-state index contributed by atoms with van der Waals surface area (Å²) in [7, 11) is 0. The van der Waals surface area contributed by atoms with Crippen molar-refractivity contribution in [2.45, 2.75) is 72.1 Å². The molecule has 226 valence electrons. The van der Waals surface area contributed by atoms with Crippen molar-refractivity contribution in [1.29, 1.82) is 0 Å². The number of rotatable bonds is 9. The van der Waals surface area contributed by atoms with Crippen LogP contribution < -0.4 is 10.6 Å². The molecule has 1 heterocycles. The average molecular weight is 590 g/mol. The molecule has 3 atom stereocenters. The first-order chi connectivity index (χ1) is 19.5. The number of carbonyl (C=O) groups excluding carboxylic acids is 2. The number of benzodiazepines with no additional fused rings is 1. The van der Waals surface area contributed by atoms with E-state index < -0.39 is 65.5 Å². The zero-order valence-corrected chi connectivity index (χ0v) is 23.9. The largest absolute Gasteiger partial charge is 0.481 e. The number of carboxylic acid groups (broad SMARTS) is 1. The number of halogens is 4. The van der Waals surface area contributed by atoms with Gasteiger partial charge in [0.2, 0.25) is 12.1 Å². The number of fused-ring (bicyclic) bond motifs is 1. The maximum atomic E-state index is 14.9. The number of benzene rings is 2. The van der Waals surface area contributed by atoms with Crippen LogP contribution in [0, 0.1) is 35.4 Å². The van der Waals surface area contributed by atoms with Gasteiger partial charge in [0.1, 0.15) is 5.82 Å². The van der Waals surface area contributed by atoms with Gasteiger partial charge in [-0.15, -0.1) is 0 Å². The topological polar surface area (TPSA) is 108 Å². The van der Waals surface area contributed by atoms with Crippen molar-refractivity contribution in [2.75, 3.05) is 5.32 Å². The highest BCUT2D eigenvalue weighted by Gasteiger charge is 2.59. The van der Waals surface area contributed by atoms with Crippen molar-refractivity contribution in [3.8, 4) is 0 Å². The second-order valence-corrected chi connectivity index (χ2v) is 12.3. The summed E-state index contributed by atoms with van der Waals surface area (Å²) in [6.07, 6.45) is -7.02. The molecular weight excluding hydrogens is 554 g/mol. The fourth-order valence-corrected chi connectivity index (χ4v) is 5.79. The predicted octanol–water partition coefficient (Wildman–Crippen LogP) is 6.24. The molecule has 42 heavy (non-hydrogen) atoms. The Morgan fingerprint density at radius 3 is 2.29 bits per heavy atom. The van der Waals surface area contributed by atoms with E-state index in [-0.39, 0.29) is 29.3 Å². The van der Waals surface area contributed by atoms with Gasteiger partial charge in [-0.1, -0.05) is 75.6 Å². The Morgan fingerprint density at radius 1 is 1.10 bits per heavy atom. The molecule has 11 heteroatoms. The first kappa shape index (κ1) is 31.2. The minimum Gasteiger partial charge on any atom is -0.481 e. The zero-order valence-electron chi connectivity index (χ0n) is 23.9. The van der Waals surface area contributed by atoms with Crippen LogP contribution >= 0.6 is 0 Å². The van der Waals surface area contributed by atoms with Gasteiger partial charge in [0.15, 0.2) is 0 Å². The maximum Gasteiger partial charge on any atom is 0.389 e. The normalized spacial score (nSPS) is 19.5. The molecule has 0 unspecified atom stereocenters. The Hall–Kier alpha value is -3.76. The zero-order chi connectivity index (χ0) is 31.0. The Labute approximate surface area is 241 Å². The molecule has 2 aliphatic rings. The first-order valence-electron chi connectivity index (χ1n) is 13.9. The third-order valence-corrected chi connectivity index (χ3v) is 8.28. The molecule has 3 N–H and O–H groups in total. The number of para-hydroxylation sites is 1. The molecular formula is C31H35F4N3O4. The number of nitrogens with zero attached hydrogens (tertiary/aromatic N) is 1. The average Bonchev–Trinajstić information content (AvgIpc) is 3.71. The number of aliphatic imine (C=N–C) groups is 1. The summed E-state index contributed by atoms with van der Waals surface area (Å²) < 4.78 is 55.3. The summed E-state index contributed by atoms with van der Waals surface area (Å²) in [5.74, 6) is -5.72. The standard InChI is InChI=1S/C31H35F4N3O4/c1-17-8-12-19(13-9-17)23-20-6-5-7-22(32)24(20)37-27(40)25(36-23)38-26(39)21(14-15-31(33,34)35)30(28(41)42,29(2,3)4)16-18-10-11-18/h5-9,12-13,18,21,25H,10-11,14-16H2,1-4H3,(H,37,40)(H,38,39)(H,41,42)/t21-,25-,30+/m0/s1. The quantitative estimate of drug-likeness (QED) is 0.301. The van der Waals surface area contributed by atoms with Gasteiger partial charge in [-0.05, 0) is 37.2 Å². The number of amides is 2. The van der Waals surface area contributed by atoms with Gasteiger partial charge >= 0.3 is 12.1 Å². The summed E-state index contributed by atoms with van der Waals surface area (Å²) in [6, 6.07) is 11.2. The van der Waals surface area contributed by atoms with Crippen molar-refractivity contribution in [3.05, 3.63) is 65.0 Å². The molecule has 2 aromatic rings. The van der Waals surface area contributed by atoms with Gasteiger partial charge in [-0.25, -0.2) is 9.38 Å². The van der Waals surface area contributed by atoms with Crippen LogP contribution in [0.5, 0.6) is 0 Å². The maximum absolute atomic E-state index is 14.9. The molecule has 2 amide bonds. The number of carbonyl (C=O) groups is 3. The third kappa shape index (κ3) is 6.50. The highest BCUT2D eigenvalue weighted by molar-refractivity contribution is 6.20. The van der Waals surface area contributed by atoms with Crippen LogP contribution in [0.3, 0.4) is 0 Å². The molecule has 0 bridgehead atoms. The molecule has 0 saturated heterocycles. The van der Waals surface area contributed by atoms with E-state index in [2.05, 4.69) is 15.6 Å². The van der Waals surface area contributed by atoms with Crippen LogP contribution in [0.2, 0.25) is 0 Å². The summed E-state index contributed by atoms with van der Waals surface area (Å²) in [6.45, 7) is 6.67. The Morgan fingerprint density at radius 2 is 1.74 bits per heavy atom. The van der Waals surface area contributed by atoms with E-state index in [4.69, 9.17) is 0 Å². The minimum absolute atomic E-state index is 0.0210. The first-order valence-corrected chi connectivity index (χ1v) is 13.9. The van der Waals surface area contributed by atoms with Crippen LogP contribution in [0.25, 0.3) is 0 Å². The van der Waals surface area contributed by atoms with Gasteiger partial charge in [0.25, 0.3) is 5.91 Å². The van der Waals surface area contributed by atoms with Gasteiger partial charge in [-0.2, -0.15) is 13.2 Å².